The Morgan fingerprint density at radius 3 is 2.50 bits per heavy atom. The van der Waals surface area contributed by atoms with Gasteiger partial charge < -0.3 is 10.8 Å². The van der Waals surface area contributed by atoms with Crippen molar-refractivity contribution in [3.05, 3.63) is 0 Å². The van der Waals surface area contributed by atoms with Crippen LogP contribution < -0.4 is 5.73 Å². The van der Waals surface area contributed by atoms with E-state index in [1.54, 1.807) is 0 Å². The number of aliphatic hydroxyl groups is 1. The first-order chi connectivity index (χ1) is 4.97. The van der Waals surface area contributed by atoms with Crippen molar-refractivity contribution in [3.63, 3.8) is 0 Å². The van der Waals surface area contributed by atoms with Crippen molar-refractivity contribution in [2.45, 2.75) is 31.9 Å². The highest BCUT2D eigenvalue weighted by Gasteiger charge is 2.24. The molecule has 1 unspecified atom stereocenters. The topological polar surface area (TPSA) is 49.5 Å². The van der Waals surface area contributed by atoms with Gasteiger partial charge in [0.15, 0.2) is 0 Å². The van der Waals surface area contributed by atoms with Gasteiger partial charge in [-0.2, -0.15) is 0 Å². The van der Waals surface area contributed by atoms with Crippen molar-refractivity contribution in [1.29, 1.82) is 0 Å². The van der Waals surface area contributed by atoms with Gasteiger partial charge in [0, 0.05) is 25.2 Å². The van der Waals surface area contributed by atoms with Gasteiger partial charge in [-0.3, -0.25) is 4.90 Å². The number of nitrogens with two attached hydrogens (primary N) is 1. The third-order valence-corrected chi connectivity index (χ3v) is 1.88. The molecule has 0 aliphatic carbocycles. The summed E-state index contributed by atoms with van der Waals surface area (Å²) in [5, 5.41) is 9.21. The summed E-state index contributed by atoms with van der Waals surface area (Å²) in [5.41, 5.74) is 5.70. The number of aliphatic hydroxyl groups excluding tert-OH is 1. The first-order valence-electron chi connectivity index (χ1n) is 4.17. The minimum atomic E-state index is -0.135. The van der Waals surface area contributed by atoms with Crippen LogP contribution in [-0.2, 0) is 0 Å². The van der Waals surface area contributed by atoms with Gasteiger partial charge in [0.05, 0.1) is 6.10 Å². The quantitative estimate of drug-likeness (QED) is 0.661. The van der Waals surface area contributed by atoms with Gasteiger partial charge >= 0.3 is 0 Å². The normalized spacial score (nSPS) is 25.5. The summed E-state index contributed by atoms with van der Waals surface area (Å²) in [4.78, 5) is 2.21. The molecular weight excluding hydrogens is 176 g/mol. The highest BCUT2D eigenvalue weighted by atomic mass is 35.5. The van der Waals surface area contributed by atoms with E-state index >= 15 is 0 Å². The van der Waals surface area contributed by atoms with Gasteiger partial charge in [-0.25, -0.2) is 0 Å². The molecule has 1 aliphatic heterocycles. The molecule has 0 aromatic carbocycles. The second-order valence-corrected chi connectivity index (χ2v) is 4.17. The standard InChI is InChI=1S/C8H18N2O.ClH/c1-8(2,9)6-10-4-3-7(11)5-10;/h7,11H,3-6,9H2,1-2H3;1H. The third kappa shape index (κ3) is 4.26. The van der Waals surface area contributed by atoms with Crippen LogP contribution in [0.3, 0.4) is 0 Å². The van der Waals surface area contributed by atoms with Gasteiger partial charge in [0.1, 0.15) is 0 Å². The predicted octanol–water partition coefficient (Wildman–Crippen LogP) is 0.212. The average molecular weight is 195 g/mol. The molecule has 4 heteroatoms. The second-order valence-electron chi connectivity index (χ2n) is 4.17. The summed E-state index contributed by atoms with van der Waals surface area (Å²) in [5.74, 6) is 0. The lowest BCUT2D eigenvalue weighted by atomic mass is 10.1. The minimum Gasteiger partial charge on any atom is -0.392 e. The third-order valence-electron chi connectivity index (χ3n) is 1.88. The smallest absolute Gasteiger partial charge is 0.0679 e. The lowest BCUT2D eigenvalue weighted by Crippen LogP contribution is -2.44. The lowest BCUT2D eigenvalue weighted by Gasteiger charge is -2.25. The molecule has 0 saturated carbocycles. The molecule has 0 aromatic heterocycles. The van der Waals surface area contributed by atoms with Crippen molar-refractivity contribution in [2.24, 2.45) is 5.73 Å². The molecule has 0 bridgehead atoms. The van der Waals surface area contributed by atoms with E-state index in [1.165, 1.54) is 0 Å². The Hall–Kier alpha value is 0.170. The van der Waals surface area contributed by atoms with Gasteiger partial charge in [-0.15, -0.1) is 12.4 Å². The van der Waals surface area contributed by atoms with Crippen molar-refractivity contribution in [1.82, 2.24) is 4.90 Å². The van der Waals surface area contributed by atoms with E-state index < -0.39 is 0 Å². The molecule has 1 rings (SSSR count). The molecule has 0 aromatic rings. The molecule has 0 radical (unpaired) electrons. The Morgan fingerprint density at radius 1 is 1.58 bits per heavy atom. The molecule has 1 fully saturated rings. The zero-order valence-corrected chi connectivity index (χ0v) is 8.60. The minimum absolute atomic E-state index is 0. The maximum atomic E-state index is 9.21. The zero-order valence-electron chi connectivity index (χ0n) is 7.79. The number of hydrogen-bond donors (Lipinski definition) is 2. The van der Waals surface area contributed by atoms with Crippen molar-refractivity contribution in [2.75, 3.05) is 19.6 Å². The fourth-order valence-electron chi connectivity index (χ4n) is 1.53. The van der Waals surface area contributed by atoms with E-state index in [0.29, 0.717) is 0 Å². The summed E-state index contributed by atoms with van der Waals surface area (Å²) < 4.78 is 0. The van der Waals surface area contributed by atoms with E-state index in [4.69, 9.17) is 5.73 Å². The van der Waals surface area contributed by atoms with E-state index in [2.05, 4.69) is 4.90 Å². The van der Waals surface area contributed by atoms with Crippen LogP contribution in [0, 0.1) is 0 Å². The summed E-state index contributed by atoms with van der Waals surface area (Å²) in [6, 6.07) is 0. The number of β-amino-alcohol motifs (C(OH)–C–C–N with tert-alkyl or cyclic N) is 1. The van der Waals surface area contributed by atoms with E-state index in [1.807, 2.05) is 13.8 Å². The number of likely N-dealkylation sites (tertiary alicyclic amines) is 1. The van der Waals surface area contributed by atoms with E-state index in [9.17, 15) is 5.11 Å². The van der Waals surface area contributed by atoms with E-state index in [0.717, 1.165) is 26.1 Å². The molecule has 3 nitrogen and oxygen atoms in total. The van der Waals surface area contributed by atoms with Crippen molar-refractivity contribution >= 4 is 12.4 Å². The molecule has 1 saturated heterocycles. The van der Waals surface area contributed by atoms with Crippen molar-refractivity contribution < 1.29 is 5.11 Å². The number of rotatable bonds is 2. The van der Waals surface area contributed by atoms with Crippen LogP contribution in [0.1, 0.15) is 20.3 Å². The molecule has 3 N–H and O–H groups in total. The summed E-state index contributed by atoms with van der Waals surface area (Å²) in [6.07, 6.45) is 0.771. The highest BCUT2D eigenvalue weighted by Crippen LogP contribution is 2.11. The number of halogens is 1. The molecule has 1 heterocycles. The fourth-order valence-corrected chi connectivity index (χ4v) is 1.53. The van der Waals surface area contributed by atoms with Gasteiger partial charge in [-0.05, 0) is 20.3 Å². The van der Waals surface area contributed by atoms with Crippen LogP contribution in [0.15, 0.2) is 0 Å². The SMILES string of the molecule is CC(C)(N)CN1CCC(O)C1.Cl. The molecular formula is C8H19ClN2O. The summed E-state index contributed by atoms with van der Waals surface area (Å²) >= 11 is 0. The van der Waals surface area contributed by atoms with Crippen LogP contribution in [0.2, 0.25) is 0 Å². The van der Waals surface area contributed by atoms with Crippen LogP contribution >= 0.6 is 12.4 Å². The highest BCUT2D eigenvalue weighted by molar-refractivity contribution is 5.85. The van der Waals surface area contributed by atoms with Crippen LogP contribution in [0.5, 0.6) is 0 Å². The maximum absolute atomic E-state index is 9.21. The van der Waals surface area contributed by atoms with Crippen LogP contribution in [0.4, 0.5) is 0 Å². The fraction of sp³-hybridized carbons (Fsp3) is 1.00. The zero-order chi connectivity index (χ0) is 8.48. The molecule has 12 heavy (non-hydrogen) atoms. The van der Waals surface area contributed by atoms with Gasteiger partial charge in [0.25, 0.3) is 0 Å². The first-order valence-corrected chi connectivity index (χ1v) is 4.17. The van der Waals surface area contributed by atoms with Crippen molar-refractivity contribution in [3.8, 4) is 0 Å². The van der Waals surface area contributed by atoms with Crippen LogP contribution in [-0.4, -0.2) is 41.3 Å². The molecule has 74 valence electrons. The first kappa shape index (κ1) is 12.2. The average Bonchev–Trinajstić information content (AvgIpc) is 2.10. The maximum Gasteiger partial charge on any atom is 0.0679 e. The van der Waals surface area contributed by atoms with Gasteiger partial charge in [0.2, 0.25) is 0 Å². The largest absolute Gasteiger partial charge is 0.392 e. The number of hydrogen-bond acceptors (Lipinski definition) is 3. The molecule has 0 amide bonds. The molecule has 0 spiro atoms. The predicted molar refractivity (Wildman–Crippen MR) is 52.6 cm³/mol. The number of nitrogens with zero attached hydrogens (tertiary/aromatic N) is 1. The Kier molecular flexibility index (Phi) is 4.48. The molecule has 1 aliphatic rings. The summed E-state index contributed by atoms with van der Waals surface area (Å²) in [6.45, 7) is 6.68. The Labute approximate surface area is 80.3 Å². The van der Waals surface area contributed by atoms with Crippen LogP contribution in [0.25, 0.3) is 0 Å². The Morgan fingerprint density at radius 2 is 2.17 bits per heavy atom. The monoisotopic (exact) mass is 194 g/mol. The Balaban J connectivity index is 0.00000121. The van der Waals surface area contributed by atoms with Gasteiger partial charge in [-0.1, -0.05) is 0 Å². The summed E-state index contributed by atoms with van der Waals surface area (Å²) in [7, 11) is 0. The lowest BCUT2D eigenvalue weighted by molar-refractivity contribution is 0.169. The Bertz CT molecular complexity index is 136. The second kappa shape index (κ2) is 4.42. The molecule has 1 atom stereocenters. The van der Waals surface area contributed by atoms with E-state index in [-0.39, 0.29) is 24.0 Å².